The normalized spacial score (nSPS) is 10.1. The Bertz CT molecular complexity index is 718. The van der Waals surface area contributed by atoms with Crippen LogP contribution in [-0.2, 0) is 20.7 Å². The van der Waals surface area contributed by atoms with Gasteiger partial charge in [-0.15, -0.1) is 0 Å². The minimum atomic E-state index is -0.585. The molecule has 0 saturated carbocycles. The summed E-state index contributed by atoms with van der Waals surface area (Å²) in [5, 5.41) is 2.67. The molecule has 0 aliphatic rings. The third-order valence-corrected chi connectivity index (χ3v) is 3.84. The number of anilines is 1. The van der Waals surface area contributed by atoms with Gasteiger partial charge in [-0.05, 0) is 58.8 Å². The van der Waals surface area contributed by atoms with Crippen LogP contribution >= 0.6 is 22.6 Å². The van der Waals surface area contributed by atoms with Gasteiger partial charge in [-0.2, -0.15) is 0 Å². The topological polar surface area (TPSA) is 64.6 Å². The lowest BCUT2D eigenvalue weighted by molar-refractivity contribution is -0.149. The number of aryl methyl sites for hydroxylation is 1. The molecule has 0 aliphatic carbocycles. The number of ether oxygens (including phenoxy) is 2. The molecule has 126 valence electrons. The summed E-state index contributed by atoms with van der Waals surface area (Å²) in [7, 11) is 0. The summed E-state index contributed by atoms with van der Waals surface area (Å²) >= 11 is 2.15. The molecule has 2 aromatic carbocycles. The fraction of sp³-hybridized carbons (Fsp3) is 0.222. The van der Waals surface area contributed by atoms with Crippen LogP contribution in [0.15, 0.2) is 48.5 Å². The Hall–Kier alpha value is -2.09. The van der Waals surface area contributed by atoms with Gasteiger partial charge in [-0.3, -0.25) is 4.79 Å². The molecular weight excluding hydrogens is 421 g/mol. The average molecular weight is 439 g/mol. The molecule has 0 saturated heterocycles. The van der Waals surface area contributed by atoms with E-state index >= 15 is 0 Å². The van der Waals surface area contributed by atoms with Crippen molar-refractivity contribution >= 4 is 40.2 Å². The van der Waals surface area contributed by atoms with E-state index in [2.05, 4.69) is 27.9 Å². The highest BCUT2D eigenvalue weighted by Crippen LogP contribution is 2.18. The Balaban J connectivity index is 1.75. The van der Waals surface area contributed by atoms with E-state index in [1.165, 1.54) is 0 Å². The zero-order valence-corrected chi connectivity index (χ0v) is 15.4. The number of nitrogens with one attached hydrogen (secondary N) is 1. The van der Waals surface area contributed by atoms with Crippen molar-refractivity contribution in [3.63, 3.8) is 0 Å². The molecule has 1 N–H and O–H groups in total. The molecule has 1 amide bonds. The average Bonchev–Trinajstić information content (AvgIpc) is 2.58. The Morgan fingerprint density at radius 2 is 1.88 bits per heavy atom. The molecule has 0 unspecified atom stereocenters. The van der Waals surface area contributed by atoms with Crippen LogP contribution in [0.5, 0.6) is 5.75 Å². The van der Waals surface area contributed by atoms with Crippen LogP contribution in [0.4, 0.5) is 5.69 Å². The molecule has 24 heavy (non-hydrogen) atoms. The van der Waals surface area contributed by atoms with Crippen LogP contribution in [-0.4, -0.2) is 25.1 Å². The van der Waals surface area contributed by atoms with E-state index in [0.29, 0.717) is 11.4 Å². The number of rotatable bonds is 7. The molecule has 5 nitrogen and oxygen atoms in total. The molecule has 0 aromatic heterocycles. The Labute approximate surface area is 154 Å². The number of amides is 1. The maximum Gasteiger partial charge on any atom is 0.344 e. The highest BCUT2D eigenvalue weighted by Gasteiger charge is 2.10. The molecular formula is C18H18INO4. The number of esters is 1. The van der Waals surface area contributed by atoms with Crippen LogP contribution in [0.2, 0.25) is 0 Å². The lowest BCUT2D eigenvalue weighted by Crippen LogP contribution is -2.23. The number of hydrogen-bond acceptors (Lipinski definition) is 4. The third-order valence-electron chi connectivity index (χ3n) is 3.17. The van der Waals surface area contributed by atoms with Crippen molar-refractivity contribution < 1.29 is 19.1 Å². The third kappa shape index (κ3) is 5.84. The van der Waals surface area contributed by atoms with Gasteiger partial charge in [0.25, 0.3) is 5.91 Å². The summed E-state index contributed by atoms with van der Waals surface area (Å²) < 4.78 is 11.4. The number of benzene rings is 2. The Morgan fingerprint density at radius 1 is 1.08 bits per heavy atom. The van der Waals surface area contributed by atoms with E-state index in [4.69, 9.17) is 9.47 Å². The van der Waals surface area contributed by atoms with Crippen molar-refractivity contribution in [1.29, 1.82) is 0 Å². The number of hydrogen-bond donors (Lipinski definition) is 1. The summed E-state index contributed by atoms with van der Waals surface area (Å²) in [6.07, 6.45) is 0.809. The lowest BCUT2D eigenvalue weighted by Gasteiger charge is -2.10. The van der Waals surface area contributed by atoms with Crippen LogP contribution in [0.3, 0.4) is 0 Å². The number of para-hydroxylation sites is 1. The summed E-state index contributed by atoms with van der Waals surface area (Å²) in [6.45, 7) is 1.44. The molecule has 0 spiro atoms. The van der Waals surface area contributed by atoms with Gasteiger partial charge in [-0.1, -0.05) is 31.2 Å². The van der Waals surface area contributed by atoms with Gasteiger partial charge >= 0.3 is 5.97 Å². The summed E-state index contributed by atoms with van der Waals surface area (Å²) in [4.78, 5) is 23.5. The van der Waals surface area contributed by atoms with Crippen LogP contribution in [0, 0.1) is 3.57 Å². The molecule has 2 rings (SSSR count). The maximum atomic E-state index is 11.8. The van der Waals surface area contributed by atoms with Gasteiger partial charge < -0.3 is 14.8 Å². The van der Waals surface area contributed by atoms with E-state index in [0.717, 1.165) is 15.6 Å². The number of halogens is 1. The van der Waals surface area contributed by atoms with Crippen molar-refractivity contribution in [3.05, 3.63) is 57.7 Å². The second-order valence-electron chi connectivity index (χ2n) is 4.97. The molecule has 0 heterocycles. The zero-order valence-electron chi connectivity index (χ0n) is 13.3. The molecule has 0 aliphatic heterocycles. The second kappa shape index (κ2) is 9.27. The first-order chi connectivity index (χ1) is 11.6. The highest BCUT2D eigenvalue weighted by molar-refractivity contribution is 14.1. The molecule has 0 fully saturated rings. The van der Waals surface area contributed by atoms with Crippen LogP contribution < -0.4 is 10.1 Å². The Kier molecular flexibility index (Phi) is 7.05. The predicted octanol–water partition coefficient (Wildman–Crippen LogP) is 3.41. The minimum absolute atomic E-state index is 0.229. The first-order valence-electron chi connectivity index (χ1n) is 7.50. The fourth-order valence-corrected chi connectivity index (χ4v) is 2.57. The standard InChI is InChI=1S/C18H18INO4/c1-2-13-6-3-4-9-16(13)23-12-18(22)24-11-17(21)20-15-8-5-7-14(19)10-15/h3-10H,2,11-12H2,1H3,(H,20,21). The van der Waals surface area contributed by atoms with Gasteiger partial charge in [0.1, 0.15) is 5.75 Å². The first kappa shape index (κ1) is 18.3. The van der Waals surface area contributed by atoms with E-state index in [-0.39, 0.29) is 19.1 Å². The van der Waals surface area contributed by atoms with Gasteiger partial charge in [-0.25, -0.2) is 4.79 Å². The molecule has 0 radical (unpaired) electrons. The van der Waals surface area contributed by atoms with Gasteiger partial charge in [0.15, 0.2) is 13.2 Å². The van der Waals surface area contributed by atoms with Crippen LogP contribution in [0.25, 0.3) is 0 Å². The quantitative estimate of drug-likeness (QED) is 0.531. The summed E-state index contributed by atoms with van der Waals surface area (Å²) in [5.74, 6) is -0.321. The smallest absolute Gasteiger partial charge is 0.344 e. The number of carbonyl (C=O) groups is 2. The SMILES string of the molecule is CCc1ccccc1OCC(=O)OCC(=O)Nc1cccc(I)c1. The van der Waals surface area contributed by atoms with Crippen LogP contribution in [0.1, 0.15) is 12.5 Å². The summed E-state index contributed by atoms with van der Waals surface area (Å²) in [6, 6.07) is 14.8. The number of carbonyl (C=O) groups excluding carboxylic acids is 2. The van der Waals surface area contributed by atoms with Gasteiger partial charge in [0.05, 0.1) is 0 Å². The van der Waals surface area contributed by atoms with Crippen molar-refractivity contribution in [3.8, 4) is 5.75 Å². The fourth-order valence-electron chi connectivity index (χ4n) is 2.02. The van der Waals surface area contributed by atoms with Crippen molar-refractivity contribution in [2.45, 2.75) is 13.3 Å². The lowest BCUT2D eigenvalue weighted by atomic mass is 10.1. The molecule has 2 aromatic rings. The predicted molar refractivity (Wildman–Crippen MR) is 100 cm³/mol. The zero-order chi connectivity index (χ0) is 17.4. The summed E-state index contributed by atoms with van der Waals surface area (Å²) in [5.41, 5.74) is 1.68. The van der Waals surface area contributed by atoms with E-state index in [1.807, 2.05) is 43.3 Å². The van der Waals surface area contributed by atoms with Gasteiger partial charge in [0, 0.05) is 9.26 Å². The van der Waals surface area contributed by atoms with Gasteiger partial charge in [0.2, 0.25) is 0 Å². The highest BCUT2D eigenvalue weighted by atomic mass is 127. The van der Waals surface area contributed by atoms with E-state index in [9.17, 15) is 9.59 Å². The van der Waals surface area contributed by atoms with Crippen molar-refractivity contribution in [2.24, 2.45) is 0 Å². The maximum absolute atomic E-state index is 11.8. The molecule has 0 bridgehead atoms. The second-order valence-corrected chi connectivity index (χ2v) is 6.21. The van der Waals surface area contributed by atoms with Crippen molar-refractivity contribution in [1.82, 2.24) is 0 Å². The van der Waals surface area contributed by atoms with E-state index in [1.54, 1.807) is 12.1 Å². The Morgan fingerprint density at radius 3 is 2.62 bits per heavy atom. The van der Waals surface area contributed by atoms with E-state index < -0.39 is 5.97 Å². The largest absolute Gasteiger partial charge is 0.482 e. The minimum Gasteiger partial charge on any atom is -0.482 e. The first-order valence-corrected chi connectivity index (χ1v) is 8.58. The monoisotopic (exact) mass is 439 g/mol. The molecule has 0 atom stereocenters. The van der Waals surface area contributed by atoms with Crippen molar-refractivity contribution in [2.75, 3.05) is 18.5 Å². The molecule has 6 heteroatoms.